The van der Waals surface area contributed by atoms with Crippen molar-refractivity contribution in [2.45, 2.75) is 18.5 Å². The third kappa shape index (κ3) is 2.62. The number of alkyl halides is 1. The third-order valence-electron chi connectivity index (χ3n) is 4.27. The van der Waals surface area contributed by atoms with Gasteiger partial charge in [-0.2, -0.15) is 0 Å². The summed E-state index contributed by atoms with van der Waals surface area (Å²) in [7, 11) is 1.55. The Kier molecular flexibility index (Phi) is 3.71. The van der Waals surface area contributed by atoms with Gasteiger partial charge in [0, 0.05) is 30.1 Å². The SMILES string of the molecule is COc1cccc2[nH]cc(CC(=O)N3CCC(F)(C(=O)O)C3)c12. The lowest BCUT2D eigenvalue weighted by Crippen LogP contribution is -2.39. The average molecular weight is 320 g/mol. The van der Waals surface area contributed by atoms with Crippen LogP contribution in [0.5, 0.6) is 5.75 Å². The molecule has 2 heterocycles. The maximum atomic E-state index is 14.1. The Labute approximate surface area is 131 Å². The smallest absolute Gasteiger partial charge is 0.343 e. The van der Waals surface area contributed by atoms with Gasteiger partial charge < -0.3 is 19.7 Å². The van der Waals surface area contributed by atoms with E-state index in [0.29, 0.717) is 5.75 Å². The molecule has 1 atom stereocenters. The number of aliphatic carboxylic acids is 1. The third-order valence-corrected chi connectivity index (χ3v) is 4.27. The molecular weight excluding hydrogens is 303 g/mol. The summed E-state index contributed by atoms with van der Waals surface area (Å²) in [6.45, 7) is -0.290. The predicted molar refractivity (Wildman–Crippen MR) is 81.2 cm³/mol. The second-order valence-corrected chi connectivity index (χ2v) is 5.71. The van der Waals surface area contributed by atoms with Crippen LogP contribution in [0.1, 0.15) is 12.0 Å². The summed E-state index contributed by atoms with van der Waals surface area (Å²) in [5, 5.41) is 9.72. The molecule has 1 saturated heterocycles. The van der Waals surface area contributed by atoms with Gasteiger partial charge in [0.15, 0.2) is 0 Å². The van der Waals surface area contributed by atoms with E-state index in [1.807, 2.05) is 12.1 Å². The van der Waals surface area contributed by atoms with Gasteiger partial charge >= 0.3 is 5.97 Å². The van der Waals surface area contributed by atoms with E-state index in [1.54, 1.807) is 19.4 Å². The number of aromatic amines is 1. The van der Waals surface area contributed by atoms with E-state index in [9.17, 15) is 14.0 Å². The summed E-state index contributed by atoms with van der Waals surface area (Å²) >= 11 is 0. The Balaban J connectivity index is 1.81. The zero-order chi connectivity index (χ0) is 16.6. The Hall–Kier alpha value is -2.57. The summed E-state index contributed by atoms with van der Waals surface area (Å²) < 4.78 is 19.4. The molecule has 3 rings (SSSR count). The predicted octanol–water partition coefficient (Wildman–Crippen LogP) is 1.74. The van der Waals surface area contributed by atoms with E-state index in [2.05, 4.69) is 4.98 Å². The van der Waals surface area contributed by atoms with E-state index in [4.69, 9.17) is 9.84 Å². The van der Waals surface area contributed by atoms with Crippen LogP contribution in [-0.2, 0) is 16.0 Å². The molecule has 2 aromatic rings. The zero-order valence-electron chi connectivity index (χ0n) is 12.6. The van der Waals surface area contributed by atoms with E-state index < -0.39 is 18.2 Å². The molecule has 1 fully saturated rings. The van der Waals surface area contributed by atoms with Gasteiger partial charge in [-0.15, -0.1) is 0 Å². The number of nitrogens with one attached hydrogen (secondary N) is 1. The van der Waals surface area contributed by atoms with Crippen LogP contribution < -0.4 is 4.74 Å². The van der Waals surface area contributed by atoms with Crippen LogP contribution in [0.3, 0.4) is 0 Å². The molecular formula is C16H17FN2O4. The number of carboxylic acid groups (broad SMARTS) is 1. The number of H-pyrrole nitrogens is 1. The quantitative estimate of drug-likeness (QED) is 0.899. The van der Waals surface area contributed by atoms with Crippen molar-refractivity contribution in [2.24, 2.45) is 0 Å². The van der Waals surface area contributed by atoms with Crippen molar-refractivity contribution in [1.82, 2.24) is 9.88 Å². The average Bonchev–Trinajstić information content (AvgIpc) is 3.12. The fourth-order valence-electron chi connectivity index (χ4n) is 2.96. The van der Waals surface area contributed by atoms with Crippen LogP contribution in [0.15, 0.2) is 24.4 Å². The molecule has 6 nitrogen and oxygen atoms in total. The van der Waals surface area contributed by atoms with Crippen molar-refractivity contribution in [3.05, 3.63) is 30.0 Å². The van der Waals surface area contributed by atoms with Gasteiger partial charge in [0.2, 0.25) is 11.6 Å². The molecule has 1 aliphatic rings. The minimum absolute atomic E-state index is 0.0655. The Morgan fingerprint density at radius 1 is 1.48 bits per heavy atom. The summed E-state index contributed by atoms with van der Waals surface area (Å²) in [4.78, 5) is 27.7. The van der Waals surface area contributed by atoms with Crippen LogP contribution in [0.2, 0.25) is 0 Å². The van der Waals surface area contributed by atoms with E-state index in [1.165, 1.54) is 4.90 Å². The first kappa shape index (κ1) is 15.3. The molecule has 2 N–H and O–H groups in total. The van der Waals surface area contributed by atoms with E-state index in [-0.39, 0.29) is 25.3 Å². The summed E-state index contributed by atoms with van der Waals surface area (Å²) in [6.07, 6.45) is 1.61. The van der Waals surface area contributed by atoms with Gasteiger partial charge in [0.25, 0.3) is 0 Å². The first-order chi connectivity index (χ1) is 10.9. The number of carboxylic acids is 1. The monoisotopic (exact) mass is 320 g/mol. The van der Waals surface area contributed by atoms with E-state index in [0.717, 1.165) is 16.5 Å². The first-order valence-corrected chi connectivity index (χ1v) is 7.27. The van der Waals surface area contributed by atoms with Crippen molar-refractivity contribution >= 4 is 22.8 Å². The number of hydrogen-bond acceptors (Lipinski definition) is 3. The molecule has 0 aliphatic carbocycles. The summed E-state index contributed by atoms with van der Waals surface area (Å²) in [5.41, 5.74) is -0.749. The standard InChI is InChI=1S/C16H17FN2O4/c1-23-12-4-2-3-11-14(12)10(8-18-11)7-13(20)19-6-5-16(17,9-19)15(21)22/h2-4,8,18H,5-7,9H2,1H3,(H,21,22). The first-order valence-electron chi connectivity index (χ1n) is 7.27. The van der Waals surface area contributed by atoms with Crippen LogP contribution in [-0.4, -0.2) is 52.7 Å². The number of methoxy groups -OCH3 is 1. The van der Waals surface area contributed by atoms with Crippen molar-refractivity contribution in [3.8, 4) is 5.75 Å². The van der Waals surface area contributed by atoms with Gasteiger partial charge in [-0.3, -0.25) is 4.79 Å². The molecule has 1 amide bonds. The maximum absolute atomic E-state index is 14.1. The van der Waals surface area contributed by atoms with Crippen LogP contribution in [0, 0.1) is 0 Å². The number of carbonyl (C=O) groups excluding carboxylic acids is 1. The highest BCUT2D eigenvalue weighted by Crippen LogP contribution is 2.30. The van der Waals surface area contributed by atoms with Crippen molar-refractivity contribution in [3.63, 3.8) is 0 Å². The number of likely N-dealkylation sites (tertiary alicyclic amines) is 1. The van der Waals surface area contributed by atoms with Gasteiger partial charge in [0.1, 0.15) is 5.75 Å². The Morgan fingerprint density at radius 3 is 2.91 bits per heavy atom. The molecule has 23 heavy (non-hydrogen) atoms. The molecule has 7 heteroatoms. The molecule has 122 valence electrons. The molecule has 1 aromatic carbocycles. The fourth-order valence-corrected chi connectivity index (χ4v) is 2.96. The zero-order valence-corrected chi connectivity index (χ0v) is 12.6. The largest absolute Gasteiger partial charge is 0.496 e. The number of halogens is 1. The second kappa shape index (κ2) is 5.57. The number of ether oxygens (including phenoxy) is 1. The van der Waals surface area contributed by atoms with Crippen molar-refractivity contribution < 1.29 is 23.8 Å². The number of nitrogens with zero attached hydrogens (tertiary/aromatic N) is 1. The second-order valence-electron chi connectivity index (χ2n) is 5.71. The Morgan fingerprint density at radius 2 is 2.26 bits per heavy atom. The molecule has 1 unspecified atom stereocenters. The number of benzene rings is 1. The minimum Gasteiger partial charge on any atom is -0.496 e. The number of amides is 1. The number of aromatic nitrogens is 1. The lowest BCUT2D eigenvalue weighted by molar-refractivity contribution is -0.150. The normalized spacial score (nSPS) is 20.9. The number of hydrogen-bond donors (Lipinski definition) is 2. The summed E-state index contributed by atoms with van der Waals surface area (Å²) in [5.74, 6) is -1.16. The van der Waals surface area contributed by atoms with Gasteiger partial charge in [-0.25, -0.2) is 9.18 Å². The highest BCUT2D eigenvalue weighted by atomic mass is 19.1. The van der Waals surface area contributed by atoms with Gasteiger partial charge in [0.05, 0.1) is 20.1 Å². The highest BCUT2D eigenvalue weighted by molar-refractivity contribution is 5.93. The highest BCUT2D eigenvalue weighted by Gasteiger charge is 2.46. The Bertz CT molecular complexity index is 773. The number of rotatable bonds is 4. The van der Waals surface area contributed by atoms with Crippen LogP contribution >= 0.6 is 0 Å². The summed E-state index contributed by atoms with van der Waals surface area (Å²) in [6, 6.07) is 5.52. The maximum Gasteiger partial charge on any atom is 0.343 e. The van der Waals surface area contributed by atoms with Gasteiger partial charge in [-0.05, 0) is 17.7 Å². The molecule has 1 aromatic heterocycles. The fraction of sp³-hybridized carbons (Fsp3) is 0.375. The molecule has 0 bridgehead atoms. The van der Waals surface area contributed by atoms with E-state index >= 15 is 0 Å². The molecule has 0 spiro atoms. The van der Waals surface area contributed by atoms with Crippen molar-refractivity contribution in [1.29, 1.82) is 0 Å². The van der Waals surface area contributed by atoms with Gasteiger partial charge in [-0.1, -0.05) is 6.07 Å². The lowest BCUT2D eigenvalue weighted by Gasteiger charge is -2.17. The minimum atomic E-state index is -2.34. The molecule has 0 radical (unpaired) electrons. The van der Waals surface area contributed by atoms with Crippen LogP contribution in [0.4, 0.5) is 4.39 Å². The molecule has 0 saturated carbocycles. The van der Waals surface area contributed by atoms with Crippen molar-refractivity contribution in [2.75, 3.05) is 20.2 Å². The lowest BCUT2D eigenvalue weighted by atomic mass is 10.1. The number of carbonyl (C=O) groups is 2. The topological polar surface area (TPSA) is 82.6 Å². The number of fused-ring (bicyclic) bond motifs is 1. The van der Waals surface area contributed by atoms with Crippen LogP contribution in [0.25, 0.3) is 10.9 Å². The molecule has 1 aliphatic heterocycles.